The van der Waals surface area contributed by atoms with Gasteiger partial charge in [-0.15, -0.1) is 0 Å². The Morgan fingerprint density at radius 3 is 2.35 bits per heavy atom. The van der Waals surface area contributed by atoms with Crippen LogP contribution in [0, 0.1) is 25.2 Å². The quantitative estimate of drug-likeness (QED) is 0.797. The van der Waals surface area contributed by atoms with Gasteiger partial charge >= 0.3 is 0 Å². The molecule has 0 saturated heterocycles. The van der Waals surface area contributed by atoms with Gasteiger partial charge in [-0.3, -0.25) is 0 Å². The molecule has 0 aliphatic heterocycles. The lowest BCUT2D eigenvalue weighted by atomic mass is 10.0. The van der Waals surface area contributed by atoms with E-state index >= 15 is 0 Å². The van der Waals surface area contributed by atoms with Crippen molar-refractivity contribution in [3.8, 4) is 17.6 Å². The Morgan fingerprint density at radius 2 is 1.82 bits per heavy atom. The van der Waals surface area contributed by atoms with E-state index in [2.05, 4.69) is 6.07 Å². The normalized spacial score (nSPS) is 10.3. The zero-order chi connectivity index (χ0) is 12.6. The third-order valence-corrected chi connectivity index (χ3v) is 2.76. The zero-order valence-electron chi connectivity index (χ0n) is 10.2. The topological polar surface area (TPSA) is 55.4 Å². The lowest BCUT2D eigenvalue weighted by molar-refractivity contribution is 0.352. The summed E-state index contributed by atoms with van der Waals surface area (Å²) in [6, 6.07) is 3.98. The molecule has 0 unspecified atom stereocenters. The Bertz CT molecular complexity index is 620. The number of nitriles is 1. The van der Waals surface area contributed by atoms with Crippen molar-refractivity contribution >= 4 is 11.0 Å². The molecule has 4 heteroatoms. The molecule has 2 rings (SSSR count). The second-order valence-electron chi connectivity index (χ2n) is 3.78. The summed E-state index contributed by atoms with van der Waals surface area (Å²) in [5, 5.41) is 10.0. The fraction of sp³-hybridized carbons (Fsp3) is 0.308. The maximum atomic E-state index is 9.24. The summed E-state index contributed by atoms with van der Waals surface area (Å²) in [4.78, 5) is 0. The van der Waals surface area contributed by atoms with E-state index in [-0.39, 0.29) is 0 Å². The SMILES string of the molecule is COc1c(OC)c(C)c2oc(C)cc2c1C#N. The Morgan fingerprint density at radius 1 is 1.18 bits per heavy atom. The molecule has 2 aromatic rings. The first kappa shape index (κ1) is 11.3. The van der Waals surface area contributed by atoms with Gasteiger partial charge in [-0.05, 0) is 19.9 Å². The van der Waals surface area contributed by atoms with Crippen molar-refractivity contribution in [2.45, 2.75) is 13.8 Å². The molecule has 0 saturated carbocycles. The highest BCUT2D eigenvalue weighted by molar-refractivity contribution is 5.92. The molecule has 0 radical (unpaired) electrons. The van der Waals surface area contributed by atoms with Crippen LogP contribution >= 0.6 is 0 Å². The highest BCUT2D eigenvalue weighted by Crippen LogP contribution is 2.41. The summed E-state index contributed by atoms with van der Waals surface area (Å²) >= 11 is 0. The minimum atomic E-state index is 0.446. The van der Waals surface area contributed by atoms with Gasteiger partial charge in [0.15, 0.2) is 11.5 Å². The maximum absolute atomic E-state index is 9.24. The van der Waals surface area contributed by atoms with Crippen molar-refractivity contribution < 1.29 is 13.9 Å². The number of rotatable bonds is 2. The monoisotopic (exact) mass is 231 g/mol. The molecule has 4 nitrogen and oxygen atoms in total. The number of ether oxygens (including phenoxy) is 2. The maximum Gasteiger partial charge on any atom is 0.179 e. The van der Waals surface area contributed by atoms with Crippen LogP contribution in [0.1, 0.15) is 16.9 Å². The minimum absolute atomic E-state index is 0.446. The van der Waals surface area contributed by atoms with E-state index in [1.54, 1.807) is 7.11 Å². The molecule has 0 spiro atoms. The van der Waals surface area contributed by atoms with Gasteiger partial charge in [0.25, 0.3) is 0 Å². The average molecular weight is 231 g/mol. The van der Waals surface area contributed by atoms with Crippen molar-refractivity contribution in [3.63, 3.8) is 0 Å². The lowest BCUT2D eigenvalue weighted by Gasteiger charge is -2.12. The Balaban J connectivity index is 2.99. The first-order chi connectivity index (χ1) is 8.13. The molecule has 0 fully saturated rings. The molecule has 1 heterocycles. The van der Waals surface area contributed by atoms with Crippen molar-refractivity contribution in [2.75, 3.05) is 14.2 Å². The molecule has 1 aromatic carbocycles. The standard InChI is InChI=1S/C13H13NO3/c1-7-5-9-10(6-14)13(16-4)12(15-3)8(2)11(9)17-7/h5H,1-4H3. The Labute approximate surface area is 99.4 Å². The van der Waals surface area contributed by atoms with Crippen molar-refractivity contribution in [2.24, 2.45) is 0 Å². The van der Waals surface area contributed by atoms with Crippen LogP contribution in [-0.2, 0) is 0 Å². The van der Waals surface area contributed by atoms with Crippen molar-refractivity contribution in [3.05, 3.63) is 23.0 Å². The van der Waals surface area contributed by atoms with E-state index < -0.39 is 0 Å². The second-order valence-corrected chi connectivity index (χ2v) is 3.78. The van der Waals surface area contributed by atoms with Crippen LogP contribution in [-0.4, -0.2) is 14.2 Å². The number of hydrogen-bond acceptors (Lipinski definition) is 4. The average Bonchev–Trinajstić information content (AvgIpc) is 2.70. The number of aryl methyl sites for hydroxylation is 2. The van der Waals surface area contributed by atoms with E-state index in [1.807, 2.05) is 19.9 Å². The molecule has 17 heavy (non-hydrogen) atoms. The third-order valence-electron chi connectivity index (χ3n) is 2.76. The van der Waals surface area contributed by atoms with Gasteiger partial charge in [-0.2, -0.15) is 5.26 Å². The second kappa shape index (κ2) is 4.02. The summed E-state index contributed by atoms with van der Waals surface area (Å²) in [5.74, 6) is 1.77. The summed E-state index contributed by atoms with van der Waals surface area (Å²) < 4.78 is 16.2. The van der Waals surface area contributed by atoms with Crippen LogP contribution in [0.25, 0.3) is 11.0 Å². The van der Waals surface area contributed by atoms with Crippen LogP contribution < -0.4 is 9.47 Å². The van der Waals surface area contributed by atoms with Gasteiger partial charge in [0, 0.05) is 10.9 Å². The van der Waals surface area contributed by atoms with Gasteiger partial charge in [0.2, 0.25) is 0 Å². The van der Waals surface area contributed by atoms with Gasteiger partial charge in [-0.1, -0.05) is 0 Å². The predicted octanol–water partition coefficient (Wildman–Crippen LogP) is 2.94. The highest BCUT2D eigenvalue weighted by atomic mass is 16.5. The molecule has 0 bridgehead atoms. The number of hydrogen-bond donors (Lipinski definition) is 0. The smallest absolute Gasteiger partial charge is 0.179 e. The summed E-state index contributed by atoms with van der Waals surface area (Å²) in [6.07, 6.45) is 0. The van der Waals surface area contributed by atoms with Crippen molar-refractivity contribution in [1.82, 2.24) is 0 Å². The van der Waals surface area contributed by atoms with Crippen LogP contribution in [0.5, 0.6) is 11.5 Å². The fourth-order valence-corrected chi connectivity index (χ4v) is 2.04. The van der Waals surface area contributed by atoms with Crippen LogP contribution in [0.15, 0.2) is 10.5 Å². The van der Waals surface area contributed by atoms with Gasteiger partial charge in [-0.25, -0.2) is 0 Å². The zero-order valence-corrected chi connectivity index (χ0v) is 10.2. The minimum Gasteiger partial charge on any atom is -0.492 e. The largest absolute Gasteiger partial charge is 0.492 e. The van der Waals surface area contributed by atoms with Crippen molar-refractivity contribution in [1.29, 1.82) is 5.26 Å². The van der Waals surface area contributed by atoms with E-state index in [1.165, 1.54) is 7.11 Å². The molecule has 88 valence electrons. The van der Waals surface area contributed by atoms with Gasteiger partial charge in [0.1, 0.15) is 23.0 Å². The van der Waals surface area contributed by atoms with Gasteiger partial charge < -0.3 is 13.9 Å². The van der Waals surface area contributed by atoms with E-state index in [0.29, 0.717) is 22.6 Å². The number of methoxy groups -OCH3 is 2. The van der Waals surface area contributed by atoms with E-state index in [9.17, 15) is 5.26 Å². The summed E-state index contributed by atoms with van der Waals surface area (Å²) in [6.45, 7) is 3.73. The first-order valence-corrected chi connectivity index (χ1v) is 5.18. The van der Waals surface area contributed by atoms with Crippen LogP contribution in [0.4, 0.5) is 0 Å². The van der Waals surface area contributed by atoms with Crippen LogP contribution in [0.2, 0.25) is 0 Å². The molecular formula is C13H13NO3. The molecular weight excluding hydrogens is 218 g/mol. The first-order valence-electron chi connectivity index (χ1n) is 5.18. The van der Waals surface area contributed by atoms with Gasteiger partial charge in [0.05, 0.1) is 14.2 Å². The number of benzene rings is 1. The lowest BCUT2D eigenvalue weighted by Crippen LogP contribution is -1.97. The third kappa shape index (κ3) is 1.51. The number of nitrogens with zero attached hydrogens (tertiary/aromatic N) is 1. The molecule has 0 amide bonds. The van der Waals surface area contributed by atoms with E-state index in [4.69, 9.17) is 13.9 Å². The summed E-state index contributed by atoms with van der Waals surface area (Å²) in [7, 11) is 3.07. The molecule has 1 aromatic heterocycles. The molecule has 0 aliphatic carbocycles. The summed E-state index contributed by atoms with van der Waals surface area (Å²) in [5.41, 5.74) is 1.96. The number of fused-ring (bicyclic) bond motifs is 1. The highest BCUT2D eigenvalue weighted by Gasteiger charge is 2.21. The predicted molar refractivity (Wildman–Crippen MR) is 63.5 cm³/mol. The fourth-order valence-electron chi connectivity index (χ4n) is 2.04. The Kier molecular flexibility index (Phi) is 2.68. The van der Waals surface area contributed by atoms with E-state index in [0.717, 1.165) is 16.7 Å². The molecule has 0 N–H and O–H groups in total. The van der Waals surface area contributed by atoms with Crippen LogP contribution in [0.3, 0.4) is 0 Å². The Hall–Kier alpha value is -2.15. The molecule has 0 aliphatic rings. The molecule has 0 atom stereocenters. The number of furan rings is 1.